The van der Waals surface area contributed by atoms with E-state index in [1.807, 2.05) is 13.0 Å². The van der Waals surface area contributed by atoms with Gasteiger partial charge in [-0.3, -0.25) is 0 Å². The molecule has 1 saturated heterocycles. The highest BCUT2D eigenvalue weighted by Crippen LogP contribution is 2.22. The van der Waals surface area contributed by atoms with E-state index in [-0.39, 0.29) is 12.0 Å². The number of carbonyl (C=O) groups is 1. The quantitative estimate of drug-likeness (QED) is 0.609. The Hall–Kier alpha value is -0.720. The highest BCUT2D eigenvalue weighted by molar-refractivity contribution is 14.1. The summed E-state index contributed by atoms with van der Waals surface area (Å²) in [5.74, 6) is 0.858. The van der Waals surface area contributed by atoms with Gasteiger partial charge >= 0.3 is 5.97 Å². The van der Waals surface area contributed by atoms with E-state index in [1.165, 1.54) is 3.58 Å². The number of nitrogens with zero attached hydrogens (tertiary/aromatic N) is 1. The average Bonchev–Trinajstić information content (AvgIpc) is 2.60. The molecule has 0 aromatic rings. The first-order valence-corrected chi connectivity index (χ1v) is 6.03. The molecular weight excluding hydrogens is 307 g/mol. The highest BCUT2D eigenvalue weighted by Gasteiger charge is 2.32. The fraction of sp³-hybridized carbons (Fsp3) is 0.500. The van der Waals surface area contributed by atoms with Crippen LogP contribution in [0, 0.1) is 0 Å². The third kappa shape index (κ3) is 2.27. The van der Waals surface area contributed by atoms with Crippen LogP contribution in [0.4, 0.5) is 0 Å². The predicted molar refractivity (Wildman–Crippen MR) is 65.3 cm³/mol. The fourth-order valence-corrected chi connectivity index (χ4v) is 2.31. The van der Waals surface area contributed by atoms with Crippen molar-refractivity contribution in [1.29, 1.82) is 0 Å². The summed E-state index contributed by atoms with van der Waals surface area (Å²) in [4.78, 5) is 13.7. The topological polar surface area (TPSA) is 41.6 Å². The molecule has 4 nitrogen and oxygen atoms in total. The molecular formula is C10H13IN2O2. The van der Waals surface area contributed by atoms with Gasteiger partial charge in [-0.05, 0) is 41.7 Å². The number of rotatable bonds is 2. The van der Waals surface area contributed by atoms with Crippen molar-refractivity contribution in [2.24, 2.45) is 0 Å². The van der Waals surface area contributed by atoms with Crippen molar-refractivity contribution in [1.82, 2.24) is 10.2 Å². The van der Waals surface area contributed by atoms with Gasteiger partial charge in [-0.1, -0.05) is 0 Å². The lowest BCUT2D eigenvalue weighted by molar-refractivity contribution is -0.144. The van der Waals surface area contributed by atoms with Gasteiger partial charge in [0, 0.05) is 3.58 Å². The number of nitrogens with one attached hydrogen (secondary N) is 1. The number of esters is 1. The Kier molecular flexibility index (Phi) is 3.18. The van der Waals surface area contributed by atoms with E-state index < -0.39 is 0 Å². The van der Waals surface area contributed by atoms with E-state index in [4.69, 9.17) is 4.74 Å². The van der Waals surface area contributed by atoms with Crippen LogP contribution < -0.4 is 5.32 Å². The van der Waals surface area contributed by atoms with Gasteiger partial charge in [0.05, 0.1) is 19.7 Å². The van der Waals surface area contributed by atoms with Crippen LogP contribution in [0.3, 0.4) is 0 Å². The van der Waals surface area contributed by atoms with Crippen molar-refractivity contribution in [3.63, 3.8) is 0 Å². The van der Waals surface area contributed by atoms with Crippen LogP contribution in [0.2, 0.25) is 0 Å². The third-order valence-corrected chi connectivity index (χ3v) is 3.10. The van der Waals surface area contributed by atoms with Gasteiger partial charge in [-0.15, -0.1) is 0 Å². The number of ether oxygens (including phenoxy) is 1. The second kappa shape index (κ2) is 4.42. The maximum absolute atomic E-state index is 11.5. The molecule has 2 rings (SSSR count). The van der Waals surface area contributed by atoms with Crippen molar-refractivity contribution in [2.75, 3.05) is 19.7 Å². The minimum Gasteiger partial charge on any atom is -0.464 e. The second-order valence-electron chi connectivity index (χ2n) is 3.49. The van der Waals surface area contributed by atoms with Crippen LogP contribution in [-0.4, -0.2) is 36.6 Å². The van der Waals surface area contributed by atoms with Crippen molar-refractivity contribution in [3.8, 4) is 0 Å². The zero-order valence-electron chi connectivity index (χ0n) is 8.50. The molecule has 0 amide bonds. The summed E-state index contributed by atoms with van der Waals surface area (Å²) >= 11 is 2.31. The van der Waals surface area contributed by atoms with Crippen molar-refractivity contribution >= 4 is 28.6 Å². The first-order valence-electron chi connectivity index (χ1n) is 4.95. The van der Waals surface area contributed by atoms with E-state index in [1.54, 1.807) is 0 Å². The van der Waals surface area contributed by atoms with Gasteiger partial charge in [0.15, 0.2) is 0 Å². The Morgan fingerprint density at radius 1 is 1.73 bits per heavy atom. The Labute approximate surface area is 102 Å². The summed E-state index contributed by atoms with van der Waals surface area (Å²) in [5, 5.41) is 3.16. The average molecular weight is 320 g/mol. The number of hydrogen-bond acceptors (Lipinski definition) is 4. The SMILES string of the molecule is CCOC(=O)[C@H]1CN2CC(I)=CC=C2N1. The molecule has 0 radical (unpaired) electrons. The molecule has 2 aliphatic rings. The Morgan fingerprint density at radius 3 is 3.27 bits per heavy atom. The summed E-state index contributed by atoms with van der Waals surface area (Å²) in [6, 6.07) is -0.216. The first-order chi connectivity index (χ1) is 7.20. The molecule has 0 aliphatic carbocycles. The Morgan fingerprint density at radius 2 is 2.53 bits per heavy atom. The molecule has 0 bridgehead atoms. The molecule has 0 aromatic heterocycles. The second-order valence-corrected chi connectivity index (χ2v) is 4.88. The van der Waals surface area contributed by atoms with Gasteiger partial charge in [0.25, 0.3) is 0 Å². The van der Waals surface area contributed by atoms with E-state index in [2.05, 4.69) is 38.9 Å². The summed E-state index contributed by atoms with van der Waals surface area (Å²) in [6.45, 7) is 3.84. The lowest BCUT2D eigenvalue weighted by Gasteiger charge is -2.20. The maximum atomic E-state index is 11.5. The molecule has 5 heteroatoms. The zero-order valence-corrected chi connectivity index (χ0v) is 10.7. The number of hydrogen-bond donors (Lipinski definition) is 1. The smallest absolute Gasteiger partial charge is 0.330 e. The fourth-order valence-electron chi connectivity index (χ4n) is 1.72. The number of fused-ring (bicyclic) bond motifs is 1. The van der Waals surface area contributed by atoms with Crippen molar-refractivity contribution < 1.29 is 9.53 Å². The van der Waals surface area contributed by atoms with Crippen molar-refractivity contribution in [2.45, 2.75) is 13.0 Å². The van der Waals surface area contributed by atoms with Crippen LogP contribution in [0.1, 0.15) is 6.92 Å². The lowest BCUT2D eigenvalue weighted by Crippen LogP contribution is -2.34. The van der Waals surface area contributed by atoms with Crippen LogP contribution in [0.5, 0.6) is 0 Å². The minimum atomic E-state index is -0.216. The van der Waals surface area contributed by atoms with Gasteiger partial charge in [0.2, 0.25) is 0 Å². The molecule has 0 aromatic carbocycles. The molecule has 1 atom stereocenters. The molecule has 82 valence electrons. The van der Waals surface area contributed by atoms with Gasteiger partial charge < -0.3 is 15.0 Å². The maximum Gasteiger partial charge on any atom is 0.330 e. The largest absolute Gasteiger partial charge is 0.464 e. The van der Waals surface area contributed by atoms with E-state index >= 15 is 0 Å². The third-order valence-electron chi connectivity index (χ3n) is 2.40. The minimum absolute atomic E-state index is 0.164. The number of allylic oxidation sites excluding steroid dienone is 2. The molecule has 0 saturated carbocycles. The number of carbonyl (C=O) groups excluding carboxylic acids is 1. The van der Waals surface area contributed by atoms with Crippen LogP contribution in [0.25, 0.3) is 0 Å². The van der Waals surface area contributed by atoms with Gasteiger partial charge in [0.1, 0.15) is 11.9 Å². The Balaban J connectivity index is 2.00. The van der Waals surface area contributed by atoms with Crippen LogP contribution in [0.15, 0.2) is 21.6 Å². The summed E-state index contributed by atoms with van der Waals surface area (Å²) in [5.41, 5.74) is 0. The summed E-state index contributed by atoms with van der Waals surface area (Å²) in [7, 11) is 0. The molecule has 1 N–H and O–H groups in total. The lowest BCUT2D eigenvalue weighted by atomic mass is 10.3. The molecule has 0 spiro atoms. The van der Waals surface area contributed by atoms with Gasteiger partial charge in [-0.25, -0.2) is 4.79 Å². The van der Waals surface area contributed by atoms with Crippen molar-refractivity contribution in [3.05, 3.63) is 21.6 Å². The zero-order chi connectivity index (χ0) is 10.8. The van der Waals surface area contributed by atoms with Gasteiger partial charge in [-0.2, -0.15) is 0 Å². The molecule has 2 aliphatic heterocycles. The molecule has 1 fully saturated rings. The summed E-state index contributed by atoms with van der Waals surface area (Å²) in [6.07, 6.45) is 4.07. The standard InChI is InChI=1S/C10H13IN2O2/c1-2-15-10(14)8-6-13-5-7(11)3-4-9(13)12-8/h3-4,8,12H,2,5-6H2,1H3/t8-/m1/s1. The first kappa shape index (κ1) is 10.8. The summed E-state index contributed by atoms with van der Waals surface area (Å²) < 4.78 is 6.26. The predicted octanol–water partition coefficient (Wildman–Crippen LogP) is 0.997. The molecule has 2 heterocycles. The van der Waals surface area contributed by atoms with Crippen LogP contribution in [-0.2, 0) is 9.53 Å². The Bertz CT molecular complexity index is 338. The van der Waals surface area contributed by atoms with E-state index in [9.17, 15) is 4.79 Å². The molecule has 0 unspecified atom stereocenters. The normalized spacial score (nSPS) is 23.9. The van der Waals surface area contributed by atoms with E-state index in [0.717, 1.165) is 12.4 Å². The number of halogens is 1. The van der Waals surface area contributed by atoms with Crippen LogP contribution >= 0.6 is 22.6 Å². The monoisotopic (exact) mass is 320 g/mol. The van der Waals surface area contributed by atoms with E-state index in [0.29, 0.717) is 13.2 Å². The molecule has 15 heavy (non-hydrogen) atoms. The highest BCUT2D eigenvalue weighted by atomic mass is 127.